The lowest BCUT2D eigenvalue weighted by atomic mass is 10.0. The van der Waals surface area contributed by atoms with E-state index in [1.807, 2.05) is 0 Å². The number of piperazine rings is 1. The van der Waals surface area contributed by atoms with Gasteiger partial charge in [0.1, 0.15) is 12.5 Å². The van der Waals surface area contributed by atoms with Gasteiger partial charge in [0.25, 0.3) is 0 Å². The van der Waals surface area contributed by atoms with Crippen molar-refractivity contribution in [2.75, 3.05) is 32.9 Å². The van der Waals surface area contributed by atoms with Crippen LogP contribution in [-0.2, 0) is 6.18 Å². The molecule has 1 aliphatic rings. The standard InChI is InChI=1S/C13H15F5N2.2ClH/c14-8-11(20-6-4-19-5-7-20)9-2-1-3-10(12(9)15)13(16,17)18;;/h1-3,11,19H,4-8H2;2*1H/t11-;;/m0../s1. The van der Waals surface area contributed by atoms with E-state index < -0.39 is 30.3 Å². The number of hydrogen-bond acceptors (Lipinski definition) is 2. The summed E-state index contributed by atoms with van der Waals surface area (Å²) >= 11 is 0. The second-order valence-corrected chi connectivity index (χ2v) is 4.66. The van der Waals surface area contributed by atoms with E-state index in [2.05, 4.69) is 5.32 Å². The van der Waals surface area contributed by atoms with Crippen LogP contribution < -0.4 is 5.32 Å². The van der Waals surface area contributed by atoms with Crippen LogP contribution >= 0.6 is 24.8 Å². The van der Waals surface area contributed by atoms with Gasteiger partial charge < -0.3 is 5.32 Å². The van der Waals surface area contributed by atoms with Gasteiger partial charge in [0.05, 0.1) is 11.6 Å². The summed E-state index contributed by atoms with van der Waals surface area (Å²) < 4.78 is 65.3. The smallest absolute Gasteiger partial charge is 0.314 e. The molecule has 1 aromatic carbocycles. The van der Waals surface area contributed by atoms with Gasteiger partial charge in [-0.2, -0.15) is 13.2 Å². The predicted octanol–water partition coefficient (Wildman–Crippen LogP) is 3.60. The van der Waals surface area contributed by atoms with Gasteiger partial charge in [-0.15, -0.1) is 24.8 Å². The molecular formula is C13H17Cl2F5N2. The van der Waals surface area contributed by atoms with Crippen LogP contribution in [0.4, 0.5) is 22.0 Å². The normalized spacial score (nSPS) is 17.3. The Morgan fingerprint density at radius 3 is 2.23 bits per heavy atom. The van der Waals surface area contributed by atoms with E-state index in [1.54, 1.807) is 4.90 Å². The van der Waals surface area contributed by atoms with Crippen LogP contribution in [0.1, 0.15) is 17.2 Å². The molecule has 1 saturated heterocycles. The molecule has 0 unspecified atom stereocenters. The summed E-state index contributed by atoms with van der Waals surface area (Å²) in [6.45, 7) is 1.25. The van der Waals surface area contributed by atoms with Crippen LogP contribution in [0.5, 0.6) is 0 Å². The van der Waals surface area contributed by atoms with Gasteiger partial charge in [-0.25, -0.2) is 8.78 Å². The average molecular weight is 367 g/mol. The molecule has 1 atom stereocenters. The summed E-state index contributed by atoms with van der Waals surface area (Å²) in [6.07, 6.45) is -4.77. The number of alkyl halides is 4. The molecule has 1 fully saturated rings. The molecule has 1 N–H and O–H groups in total. The third kappa shape index (κ3) is 4.68. The first kappa shape index (κ1) is 21.4. The molecule has 22 heavy (non-hydrogen) atoms. The molecule has 0 spiro atoms. The Morgan fingerprint density at radius 1 is 1.14 bits per heavy atom. The van der Waals surface area contributed by atoms with Crippen LogP contribution in [0.15, 0.2) is 18.2 Å². The van der Waals surface area contributed by atoms with E-state index in [0.717, 1.165) is 6.07 Å². The molecule has 0 amide bonds. The molecule has 0 bridgehead atoms. The lowest BCUT2D eigenvalue weighted by Gasteiger charge is -2.34. The third-order valence-corrected chi connectivity index (χ3v) is 3.43. The van der Waals surface area contributed by atoms with E-state index in [1.165, 1.54) is 6.07 Å². The summed E-state index contributed by atoms with van der Waals surface area (Å²) in [5.74, 6) is -1.37. The number of rotatable bonds is 3. The summed E-state index contributed by atoms with van der Waals surface area (Å²) in [5, 5.41) is 3.06. The largest absolute Gasteiger partial charge is 0.419 e. The Morgan fingerprint density at radius 2 is 1.73 bits per heavy atom. The Kier molecular flexibility index (Phi) is 8.61. The molecule has 0 aromatic heterocycles. The van der Waals surface area contributed by atoms with Crippen molar-refractivity contribution in [3.05, 3.63) is 35.1 Å². The summed E-state index contributed by atoms with van der Waals surface area (Å²) in [5.41, 5.74) is -1.58. The second kappa shape index (κ2) is 8.86. The van der Waals surface area contributed by atoms with Gasteiger partial charge in [-0.05, 0) is 6.07 Å². The van der Waals surface area contributed by atoms with Crippen LogP contribution in [0, 0.1) is 5.82 Å². The molecule has 2 nitrogen and oxygen atoms in total. The Balaban J connectivity index is 0.00000220. The van der Waals surface area contributed by atoms with E-state index >= 15 is 0 Å². The first-order valence-corrected chi connectivity index (χ1v) is 6.31. The van der Waals surface area contributed by atoms with Gasteiger partial charge in [0.15, 0.2) is 0 Å². The second-order valence-electron chi connectivity index (χ2n) is 4.66. The van der Waals surface area contributed by atoms with E-state index in [-0.39, 0.29) is 30.4 Å². The van der Waals surface area contributed by atoms with Gasteiger partial charge in [0, 0.05) is 31.7 Å². The molecule has 128 valence electrons. The zero-order valence-electron chi connectivity index (χ0n) is 11.5. The van der Waals surface area contributed by atoms with Crippen molar-refractivity contribution >= 4 is 24.8 Å². The number of hydrogen-bond donors (Lipinski definition) is 1. The SMILES string of the molecule is Cl.Cl.FC[C@@H](c1cccc(C(F)(F)F)c1F)N1CCNCC1. The fourth-order valence-corrected chi connectivity index (χ4v) is 2.40. The molecular weight excluding hydrogens is 350 g/mol. The average Bonchev–Trinajstić information content (AvgIpc) is 2.41. The zero-order valence-corrected chi connectivity index (χ0v) is 13.1. The van der Waals surface area contributed by atoms with Gasteiger partial charge >= 0.3 is 6.18 Å². The zero-order chi connectivity index (χ0) is 14.8. The minimum Gasteiger partial charge on any atom is -0.314 e. The fraction of sp³-hybridized carbons (Fsp3) is 0.538. The summed E-state index contributed by atoms with van der Waals surface area (Å²) in [7, 11) is 0. The van der Waals surface area contributed by atoms with Crippen LogP contribution in [-0.4, -0.2) is 37.8 Å². The van der Waals surface area contributed by atoms with E-state index in [4.69, 9.17) is 0 Å². The molecule has 2 rings (SSSR count). The number of halogens is 7. The van der Waals surface area contributed by atoms with E-state index in [9.17, 15) is 22.0 Å². The third-order valence-electron chi connectivity index (χ3n) is 3.43. The highest BCUT2D eigenvalue weighted by Crippen LogP contribution is 2.35. The molecule has 1 aliphatic heterocycles. The summed E-state index contributed by atoms with van der Waals surface area (Å²) in [4.78, 5) is 1.66. The monoisotopic (exact) mass is 366 g/mol. The Bertz CT molecular complexity index is 464. The number of benzene rings is 1. The topological polar surface area (TPSA) is 15.3 Å². The van der Waals surface area contributed by atoms with Crippen LogP contribution in [0.3, 0.4) is 0 Å². The van der Waals surface area contributed by atoms with Crippen molar-refractivity contribution < 1.29 is 22.0 Å². The van der Waals surface area contributed by atoms with Crippen LogP contribution in [0.2, 0.25) is 0 Å². The maximum absolute atomic E-state index is 14.0. The predicted molar refractivity (Wildman–Crippen MR) is 79.1 cm³/mol. The highest BCUT2D eigenvalue weighted by molar-refractivity contribution is 5.85. The van der Waals surface area contributed by atoms with Gasteiger partial charge in [0.2, 0.25) is 0 Å². The van der Waals surface area contributed by atoms with Crippen molar-refractivity contribution in [1.29, 1.82) is 0 Å². The maximum Gasteiger partial charge on any atom is 0.419 e. The minimum absolute atomic E-state index is 0. The Labute approximate surface area is 137 Å². The van der Waals surface area contributed by atoms with Crippen molar-refractivity contribution in [1.82, 2.24) is 10.2 Å². The van der Waals surface area contributed by atoms with Crippen molar-refractivity contribution in [3.8, 4) is 0 Å². The van der Waals surface area contributed by atoms with E-state index in [0.29, 0.717) is 32.2 Å². The number of nitrogens with one attached hydrogen (secondary N) is 1. The minimum atomic E-state index is -4.77. The van der Waals surface area contributed by atoms with Crippen molar-refractivity contribution in [3.63, 3.8) is 0 Å². The lowest BCUT2D eigenvalue weighted by molar-refractivity contribution is -0.140. The summed E-state index contributed by atoms with van der Waals surface area (Å²) in [6, 6.07) is 2.04. The van der Waals surface area contributed by atoms with Gasteiger partial charge in [-0.1, -0.05) is 12.1 Å². The maximum atomic E-state index is 14.0. The highest BCUT2D eigenvalue weighted by atomic mass is 35.5. The Hall–Kier alpha value is -0.630. The number of nitrogens with zero attached hydrogens (tertiary/aromatic N) is 1. The van der Waals surface area contributed by atoms with Gasteiger partial charge in [-0.3, -0.25) is 4.90 Å². The molecule has 0 radical (unpaired) electrons. The first-order valence-electron chi connectivity index (χ1n) is 6.31. The fourth-order valence-electron chi connectivity index (χ4n) is 2.40. The molecule has 1 heterocycles. The van der Waals surface area contributed by atoms with Crippen molar-refractivity contribution in [2.24, 2.45) is 0 Å². The van der Waals surface area contributed by atoms with Crippen LogP contribution in [0.25, 0.3) is 0 Å². The molecule has 0 aliphatic carbocycles. The lowest BCUT2D eigenvalue weighted by Crippen LogP contribution is -2.46. The van der Waals surface area contributed by atoms with Crippen molar-refractivity contribution in [2.45, 2.75) is 12.2 Å². The first-order chi connectivity index (χ1) is 9.45. The quantitative estimate of drug-likeness (QED) is 0.822. The highest BCUT2D eigenvalue weighted by Gasteiger charge is 2.36. The molecule has 1 aromatic rings. The molecule has 9 heteroatoms. The molecule has 0 saturated carbocycles.